The number of hydrogen-bond acceptors (Lipinski definition) is 7. The number of terminal acetylenes is 1. The van der Waals surface area contributed by atoms with Crippen LogP contribution in [-0.4, -0.2) is 69.0 Å². The standard InChI is InChI=1S/C34H30F3N5O2/c1-2-23-25(36)9-7-19-14-22(43)15-24(27(19)23)30-29(37)31-28-26(38-30)10-8-21-6-3-4-13-42(21)32(28)40-33(39-31)44-18-34-11-5-12-41(34)17-20(35)16-34/h1,7-10,14-15,20-21,43H,3-6,11-13,16-18H2/t20-,21?,34+/m1/s1. The number of pyridine rings is 1. The minimum Gasteiger partial charge on any atom is -0.508 e. The van der Waals surface area contributed by atoms with Crippen molar-refractivity contribution < 1.29 is 23.0 Å². The molecule has 0 aliphatic carbocycles. The molecule has 4 aliphatic rings. The molecule has 0 radical (unpaired) electrons. The number of ether oxygens (including phenoxy) is 1. The molecule has 1 N–H and O–H groups in total. The Balaban J connectivity index is 1.34. The van der Waals surface area contributed by atoms with E-state index >= 15 is 4.39 Å². The van der Waals surface area contributed by atoms with Gasteiger partial charge in [-0.05, 0) is 68.3 Å². The first kappa shape index (κ1) is 27.2. The summed E-state index contributed by atoms with van der Waals surface area (Å²) in [7, 11) is 0. The average Bonchev–Trinajstić information content (AvgIpc) is 3.49. The van der Waals surface area contributed by atoms with Crippen molar-refractivity contribution in [3.05, 3.63) is 53.2 Å². The summed E-state index contributed by atoms with van der Waals surface area (Å²) in [5.74, 6) is 1.39. The number of fused-ring (bicyclic) bond motifs is 4. The van der Waals surface area contributed by atoms with Crippen LogP contribution in [0.25, 0.3) is 39.0 Å². The van der Waals surface area contributed by atoms with Crippen LogP contribution in [0, 0.1) is 24.0 Å². The van der Waals surface area contributed by atoms with Crippen LogP contribution < -0.4 is 9.64 Å². The smallest absolute Gasteiger partial charge is 0.319 e. The van der Waals surface area contributed by atoms with Crippen molar-refractivity contribution in [3.8, 4) is 35.4 Å². The fraction of sp³-hybridized carbons (Fsp3) is 0.382. The van der Waals surface area contributed by atoms with Crippen molar-refractivity contribution in [2.24, 2.45) is 0 Å². The monoisotopic (exact) mass is 597 g/mol. The van der Waals surface area contributed by atoms with E-state index < -0.39 is 23.3 Å². The zero-order valence-electron chi connectivity index (χ0n) is 24.0. The number of aromatic hydroxyl groups is 1. The van der Waals surface area contributed by atoms with Crippen LogP contribution in [0.15, 0.2) is 30.3 Å². The summed E-state index contributed by atoms with van der Waals surface area (Å²) >= 11 is 0. The van der Waals surface area contributed by atoms with Crippen molar-refractivity contribution in [2.75, 3.05) is 31.1 Å². The summed E-state index contributed by atoms with van der Waals surface area (Å²) < 4.78 is 52.5. The number of piperidine rings is 1. The van der Waals surface area contributed by atoms with Crippen LogP contribution in [0.1, 0.15) is 49.8 Å². The van der Waals surface area contributed by atoms with Gasteiger partial charge in [0, 0.05) is 36.5 Å². The van der Waals surface area contributed by atoms with Gasteiger partial charge in [-0.15, -0.1) is 6.42 Å². The van der Waals surface area contributed by atoms with Gasteiger partial charge >= 0.3 is 6.01 Å². The Labute approximate surface area is 252 Å². The number of aromatic nitrogens is 3. The van der Waals surface area contributed by atoms with Crippen molar-refractivity contribution in [1.29, 1.82) is 0 Å². The Hall–Kier alpha value is -4.36. The van der Waals surface area contributed by atoms with Gasteiger partial charge in [-0.25, -0.2) is 18.2 Å². The Morgan fingerprint density at radius 2 is 1.98 bits per heavy atom. The maximum atomic E-state index is 16.9. The van der Waals surface area contributed by atoms with Crippen molar-refractivity contribution in [2.45, 2.75) is 56.3 Å². The maximum absolute atomic E-state index is 16.9. The van der Waals surface area contributed by atoms with Crippen LogP contribution in [0.4, 0.5) is 19.0 Å². The second kappa shape index (κ2) is 10.1. The number of nitrogens with zero attached hydrogens (tertiary/aromatic N) is 5. The number of phenols is 1. The third-order valence-corrected chi connectivity index (χ3v) is 9.75. The van der Waals surface area contributed by atoms with E-state index in [1.807, 2.05) is 12.2 Å². The van der Waals surface area contributed by atoms with Gasteiger partial charge in [0.2, 0.25) is 0 Å². The molecule has 0 amide bonds. The summed E-state index contributed by atoms with van der Waals surface area (Å²) in [6.45, 7) is 2.14. The molecule has 0 spiro atoms. The summed E-state index contributed by atoms with van der Waals surface area (Å²) in [6, 6.07) is 5.56. The molecule has 2 aromatic heterocycles. The summed E-state index contributed by atoms with van der Waals surface area (Å²) in [5, 5.41) is 11.8. The number of benzene rings is 2. The molecule has 6 heterocycles. The fourth-order valence-corrected chi connectivity index (χ4v) is 7.76. The molecule has 3 atom stereocenters. The Morgan fingerprint density at radius 3 is 2.84 bits per heavy atom. The van der Waals surface area contributed by atoms with Crippen molar-refractivity contribution >= 4 is 33.6 Å². The number of hydrogen-bond donors (Lipinski definition) is 1. The Morgan fingerprint density at radius 1 is 1.09 bits per heavy atom. The normalized spacial score (nSPS) is 24.4. The van der Waals surface area contributed by atoms with Crippen molar-refractivity contribution in [3.63, 3.8) is 0 Å². The zero-order valence-corrected chi connectivity index (χ0v) is 24.0. The number of anilines is 1. The highest BCUT2D eigenvalue weighted by atomic mass is 19.1. The molecule has 44 heavy (non-hydrogen) atoms. The molecule has 2 aromatic carbocycles. The predicted octanol–water partition coefficient (Wildman–Crippen LogP) is 6.15. The summed E-state index contributed by atoms with van der Waals surface area (Å²) in [4.78, 5) is 18.5. The first-order chi connectivity index (χ1) is 21.3. The van der Waals surface area contributed by atoms with E-state index in [9.17, 15) is 13.9 Å². The van der Waals surface area contributed by atoms with Gasteiger partial charge in [-0.3, -0.25) is 4.90 Å². The Bertz CT molecular complexity index is 1920. The van der Waals surface area contributed by atoms with Gasteiger partial charge in [0.05, 0.1) is 22.2 Å². The van der Waals surface area contributed by atoms with Gasteiger partial charge in [0.25, 0.3) is 0 Å². The molecule has 0 bridgehead atoms. The predicted molar refractivity (Wildman–Crippen MR) is 162 cm³/mol. The molecule has 3 fully saturated rings. The third-order valence-electron chi connectivity index (χ3n) is 9.75. The van der Waals surface area contributed by atoms with E-state index in [4.69, 9.17) is 21.1 Å². The lowest BCUT2D eigenvalue weighted by atomic mass is 9.95. The van der Waals surface area contributed by atoms with E-state index in [1.165, 1.54) is 24.3 Å². The van der Waals surface area contributed by atoms with Gasteiger partial charge < -0.3 is 14.7 Å². The van der Waals surface area contributed by atoms with Crippen LogP contribution >= 0.6 is 0 Å². The zero-order chi connectivity index (χ0) is 30.2. The van der Waals surface area contributed by atoms with Crippen molar-refractivity contribution in [1.82, 2.24) is 19.9 Å². The molecule has 10 heteroatoms. The van der Waals surface area contributed by atoms with Gasteiger partial charge in [-0.1, -0.05) is 18.1 Å². The SMILES string of the molecule is C#Cc1c(F)ccc2cc(O)cc(-c3nc4c5c(nc(OC[C@@]67CCCN6C[C@H](F)C7)nc5c3F)N3CCCCC3C=C4)c12. The second-order valence-corrected chi connectivity index (χ2v) is 12.4. The topological polar surface area (TPSA) is 74.6 Å². The van der Waals surface area contributed by atoms with Gasteiger partial charge in [0.15, 0.2) is 5.82 Å². The van der Waals surface area contributed by atoms with E-state index in [0.29, 0.717) is 35.2 Å². The molecular formula is C34H30F3N5O2. The lowest BCUT2D eigenvalue weighted by Crippen LogP contribution is -2.43. The fourth-order valence-electron chi connectivity index (χ4n) is 7.76. The van der Waals surface area contributed by atoms with E-state index in [0.717, 1.165) is 45.2 Å². The highest BCUT2D eigenvalue weighted by Gasteiger charge is 2.49. The van der Waals surface area contributed by atoms with Crippen LogP contribution in [0.2, 0.25) is 0 Å². The number of alkyl halides is 1. The average molecular weight is 598 g/mol. The molecule has 4 aliphatic heterocycles. The molecule has 4 aromatic rings. The van der Waals surface area contributed by atoms with Gasteiger partial charge in [-0.2, -0.15) is 9.97 Å². The largest absolute Gasteiger partial charge is 0.508 e. The molecule has 7 nitrogen and oxygen atoms in total. The minimum absolute atomic E-state index is 0.00611. The highest BCUT2D eigenvalue weighted by molar-refractivity contribution is 6.04. The van der Waals surface area contributed by atoms with E-state index in [-0.39, 0.29) is 52.1 Å². The molecule has 0 saturated carbocycles. The lowest BCUT2D eigenvalue weighted by Gasteiger charge is -2.35. The second-order valence-electron chi connectivity index (χ2n) is 12.4. The third kappa shape index (κ3) is 4.13. The van der Waals surface area contributed by atoms with E-state index in [2.05, 4.69) is 20.7 Å². The molecule has 1 unspecified atom stereocenters. The number of phenolic OH excluding ortho intramolecular Hbond substituents is 1. The van der Waals surface area contributed by atoms with Crippen LogP contribution in [0.3, 0.4) is 0 Å². The summed E-state index contributed by atoms with van der Waals surface area (Å²) in [5.41, 5.74) is 0.0250. The maximum Gasteiger partial charge on any atom is 0.319 e. The van der Waals surface area contributed by atoms with Crippen LogP contribution in [0.5, 0.6) is 11.8 Å². The van der Waals surface area contributed by atoms with Gasteiger partial charge in [0.1, 0.15) is 41.4 Å². The Kier molecular flexibility index (Phi) is 6.24. The lowest BCUT2D eigenvalue weighted by molar-refractivity contribution is 0.107. The number of rotatable bonds is 4. The minimum atomic E-state index is -0.912. The first-order valence-corrected chi connectivity index (χ1v) is 15.2. The highest BCUT2D eigenvalue weighted by Crippen LogP contribution is 2.43. The first-order valence-electron chi connectivity index (χ1n) is 15.2. The number of halogens is 3. The van der Waals surface area contributed by atoms with Crippen LogP contribution in [-0.2, 0) is 0 Å². The molecule has 8 rings (SSSR count). The quantitative estimate of drug-likeness (QED) is 0.283. The molecule has 224 valence electrons. The molecule has 3 saturated heterocycles. The summed E-state index contributed by atoms with van der Waals surface area (Å²) in [6.07, 6.45) is 13.8. The van der Waals surface area contributed by atoms with E-state index in [1.54, 1.807) is 0 Å². The molecular weight excluding hydrogens is 567 g/mol.